The van der Waals surface area contributed by atoms with Crippen LogP contribution in [0.2, 0.25) is 0 Å². The van der Waals surface area contributed by atoms with Crippen molar-refractivity contribution < 1.29 is 9.26 Å². The lowest BCUT2D eigenvalue weighted by atomic mass is 10.5. The second-order valence-electron chi connectivity index (χ2n) is 2.10. The summed E-state index contributed by atoms with van der Waals surface area (Å²) in [6, 6.07) is 0. The van der Waals surface area contributed by atoms with Crippen LogP contribution in [0, 0.1) is 0 Å². The molecular weight excluding hydrogens is 263 g/mol. The minimum absolute atomic E-state index is 0.396. The van der Waals surface area contributed by atoms with E-state index in [9.17, 15) is 0 Å². The molecule has 7 heteroatoms. The molecule has 2 nitrogen and oxygen atoms in total. The summed E-state index contributed by atoms with van der Waals surface area (Å²) in [7, 11) is 4.57. The Bertz CT molecular complexity index is 163. The van der Waals surface area contributed by atoms with E-state index < -0.39 is 11.6 Å². The summed E-state index contributed by atoms with van der Waals surface area (Å²) in [5.41, 5.74) is 0. The zero-order valence-electron chi connectivity index (χ0n) is 7.85. The third kappa shape index (κ3) is 4.24. The third-order valence-corrected chi connectivity index (χ3v) is 8.19. The first kappa shape index (κ1) is 14.5. The van der Waals surface area contributed by atoms with Gasteiger partial charge in [-0.15, -0.1) is 0 Å². The molecule has 0 radical (unpaired) electrons. The molecule has 0 aliphatic carbocycles. The molecule has 2 unspecified atom stereocenters. The average molecular weight is 277 g/mol. The number of methoxy groups -OCH3 is 1. The minimum atomic E-state index is -0.980. The summed E-state index contributed by atoms with van der Waals surface area (Å²) in [6.45, 7) is 3.64. The average Bonchev–Trinajstić information content (AvgIpc) is 2.14. The predicted molar refractivity (Wildman–Crippen MR) is 70.1 cm³/mol. The molecule has 0 saturated carbocycles. The molecule has 0 aromatic carbocycles. The lowest BCUT2D eigenvalue weighted by Gasteiger charge is -2.18. The molecule has 2 atom stereocenters. The van der Waals surface area contributed by atoms with Gasteiger partial charge < -0.3 is 4.74 Å². The lowest BCUT2D eigenvalue weighted by molar-refractivity contribution is 0.130. The van der Waals surface area contributed by atoms with Crippen LogP contribution in [-0.4, -0.2) is 18.4 Å². The highest BCUT2D eigenvalue weighted by atomic mass is 33.5. The second-order valence-corrected chi connectivity index (χ2v) is 8.16. The molecule has 78 valence electrons. The Balaban J connectivity index is 4.43. The molecule has 0 fully saturated rings. The van der Waals surface area contributed by atoms with Crippen molar-refractivity contribution in [1.29, 1.82) is 0 Å². The topological polar surface area (TPSA) is 18.5 Å². The van der Waals surface area contributed by atoms with Crippen molar-refractivity contribution in [2.75, 3.05) is 13.7 Å². The van der Waals surface area contributed by atoms with Crippen LogP contribution < -0.4 is 0 Å². The first-order valence-electron chi connectivity index (χ1n) is 3.81. The Hall–Kier alpha value is 1.49. The number of hydrogen-bond acceptors (Lipinski definition) is 6. The highest BCUT2D eigenvalue weighted by Crippen LogP contribution is 2.56. The Kier molecular flexibility index (Phi) is 8.63. The van der Waals surface area contributed by atoms with Gasteiger partial charge in [0, 0.05) is 24.3 Å². The van der Waals surface area contributed by atoms with Gasteiger partial charge in [-0.2, -0.15) is 4.52 Å². The maximum atomic E-state index is 5.43. The van der Waals surface area contributed by atoms with Crippen LogP contribution in [0.1, 0.15) is 20.3 Å². The fourth-order valence-corrected chi connectivity index (χ4v) is 7.44. The second kappa shape index (κ2) is 7.74. The minimum Gasteiger partial charge on any atom is -0.327 e. The monoisotopic (exact) mass is 277 g/mol. The maximum absolute atomic E-state index is 5.43. The Labute approximate surface area is 98.6 Å². The molecule has 0 N–H and O–H groups in total. The maximum Gasteiger partial charge on any atom is 0.386 e. The van der Waals surface area contributed by atoms with Crippen LogP contribution in [0.3, 0.4) is 0 Å². The van der Waals surface area contributed by atoms with Crippen LogP contribution in [-0.2, 0) is 21.1 Å². The predicted octanol–water partition coefficient (Wildman–Crippen LogP) is 3.82. The van der Waals surface area contributed by atoms with Gasteiger partial charge in [-0.25, -0.2) is 0 Å². The summed E-state index contributed by atoms with van der Waals surface area (Å²) in [5.74, 6) is 0. The first-order valence-corrected chi connectivity index (χ1v) is 9.29. The summed E-state index contributed by atoms with van der Waals surface area (Å²) < 4.78 is 10.5. The normalized spacial score (nSPS) is 16.8. The van der Waals surface area contributed by atoms with Gasteiger partial charge in [0.15, 0.2) is 0 Å². The van der Waals surface area contributed by atoms with Crippen molar-refractivity contribution >= 4 is 51.0 Å². The standard InChI is InChI=1S/C6H13O2PS4/c1-4-6(7-3,12-13-11)9(10)8-5-2/h4-5H2,1-3H3/p+1. The molecule has 0 aromatic rings. The van der Waals surface area contributed by atoms with Crippen LogP contribution in [0.25, 0.3) is 0 Å². The van der Waals surface area contributed by atoms with E-state index >= 15 is 0 Å². The third-order valence-electron chi connectivity index (χ3n) is 1.46. The zero-order chi connectivity index (χ0) is 10.3. The fourth-order valence-electron chi connectivity index (χ4n) is 0.745. The van der Waals surface area contributed by atoms with Crippen molar-refractivity contribution in [3.63, 3.8) is 0 Å². The molecule has 0 amide bonds. The van der Waals surface area contributed by atoms with Crippen molar-refractivity contribution in [1.82, 2.24) is 0 Å². The van der Waals surface area contributed by atoms with Gasteiger partial charge in [0.1, 0.15) is 0 Å². The van der Waals surface area contributed by atoms with Crippen molar-refractivity contribution in [2.24, 2.45) is 0 Å². The van der Waals surface area contributed by atoms with Crippen LogP contribution in [0.5, 0.6) is 0 Å². The van der Waals surface area contributed by atoms with Gasteiger partial charge in [0.05, 0.1) is 6.61 Å². The van der Waals surface area contributed by atoms with E-state index in [1.807, 2.05) is 13.8 Å². The van der Waals surface area contributed by atoms with Crippen molar-refractivity contribution in [3.8, 4) is 0 Å². The molecule has 0 aliphatic rings. The number of rotatable bonds is 7. The van der Waals surface area contributed by atoms with Crippen molar-refractivity contribution in [3.05, 3.63) is 0 Å². The molecular formula is C6H14O2PS4+. The first-order chi connectivity index (χ1) is 6.16. The quantitative estimate of drug-likeness (QED) is 0.329. The largest absolute Gasteiger partial charge is 0.386 e. The Morgan fingerprint density at radius 2 is 2.15 bits per heavy atom. The van der Waals surface area contributed by atoms with E-state index in [1.54, 1.807) is 7.11 Å². The van der Waals surface area contributed by atoms with E-state index in [4.69, 9.17) is 21.1 Å². The highest BCUT2D eigenvalue weighted by molar-refractivity contribution is 9.06. The van der Waals surface area contributed by atoms with Gasteiger partial charge in [0.2, 0.25) is 11.8 Å². The summed E-state index contributed by atoms with van der Waals surface area (Å²) >= 11 is 9.38. The van der Waals surface area contributed by atoms with E-state index in [-0.39, 0.29) is 0 Å². The van der Waals surface area contributed by atoms with E-state index in [2.05, 4.69) is 11.7 Å². The molecule has 0 aliphatic heterocycles. The highest BCUT2D eigenvalue weighted by Gasteiger charge is 2.47. The molecule has 0 rings (SSSR count). The van der Waals surface area contributed by atoms with Gasteiger partial charge in [-0.05, 0) is 16.7 Å². The molecule has 0 saturated heterocycles. The van der Waals surface area contributed by atoms with Crippen molar-refractivity contribution in [2.45, 2.75) is 24.9 Å². The number of ether oxygens (including phenoxy) is 1. The van der Waals surface area contributed by atoms with Crippen LogP contribution >= 0.6 is 39.2 Å². The lowest BCUT2D eigenvalue weighted by Crippen LogP contribution is -2.20. The van der Waals surface area contributed by atoms with Crippen LogP contribution in [0.15, 0.2) is 0 Å². The van der Waals surface area contributed by atoms with E-state index in [0.717, 1.165) is 6.42 Å². The van der Waals surface area contributed by atoms with E-state index in [0.29, 0.717) is 6.61 Å². The van der Waals surface area contributed by atoms with Gasteiger partial charge in [-0.1, -0.05) is 18.6 Å². The summed E-state index contributed by atoms with van der Waals surface area (Å²) in [5, 5.41) is 0. The molecule has 0 heterocycles. The molecule has 0 aromatic heterocycles. The molecule has 0 bridgehead atoms. The SMILES string of the molecule is CCO[P+](=S)C(CC)(OC)SSS. The van der Waals surface area contributed by atoms with Gasteiger partial charge >= 0.3 is 11.6 Å². The molecule has 0 spiro atoms. The van der Waals surface area contributed by atoms with Gasteiger partial charge in [-0.3, -0.25) is 0 Å². The smallest absolute Gasteiger partial charge is 0.327 e. The zero-order valence-corrected chi connectivity index (χ0v) is 12.1. The van der Waals surface area contributed by atoms with Crippen LogP contribution in [0.4, 0.5) is 0 Å². The number of thiol groups is 1. The Morgan fingerprint density at radius 1 is 1.54 bits per heavy atom. The molecule has 13 heavy (non-hydrogen) atoms. The number of hydrogen-bond donors (Lipinski definition) is 1. The van der Waals surface area contributed by atoms with Gasteiger partial charge in [0.25, 0.3) is 0 Å². The van der Waals surface area contributed by atoms with E-state index in [1.165, 1.54) is 20.6 Å². The Morgan fingerprint density at radius 3 is 2.46 bits per heavy atom. The summed E-state index contributed by atoms with van der Waals surface area (Å²) in [4.78, 5) is 0. The fraction of sp³-hybridized carbons (Fsp3) is 1.00. The summed E-state index contributed by atoms with van der Waals surface area (Å²) in [6.07, 6.45) is 0.830.